The first-order chi connectivity index (χ1) is 8.22. The largest absolute Gasteiger partial charge is 0.308 e. The Kier molecular flexibility index (Phi) is 4.43. The van der Waals surface area contributed by atoms with Gasteiger partial charge < -0.3 is 5.32 Å². The van der Waals surface area contributed by atoms with Crippen molar-refractivity contribution in [2.24, 2.45) is 0 Å². The van der Waals surface area contributed by atoms with E-state index in [4.69, 9.17) is 23.2 Å². The minimum absolute atomic E-state index is 0.111. The summed E-state index contributed by atoms with van der Waals surface area (Å²) in [6, 6.07) is 1.86. The first-order valence-electron chi connectivity index (χ1n) is 5.89. The van der Waals surface area contributed by atoms with E-state index < -0.39 is 0 Å². The van der Waals surface area contributed by atoms with E-state index in [2.05, 4.69) is 16.4 Å². The number of pyridine rings is 1. The van der Waals surface area contributed by atoms with Crippen molar-refractivity contribution >= 4 is 23.2 Å². The lowest BCUT2D eigenvalue weighted by Gasteiger charge is -2.23. The maximum Gasteiger partial charge on any atom is 0.0802 e. The Morgan fingerprint density at radius 2 is 2.18 bits per heavy atom. The van der Waals surface area contributed by atoms with Gasteiger partial charge in [-0.25, -0.2) is 0 Å². The standard InChI is InChI=1S/C13H16Cl2N2/c1-16-12(9-5-3-2-4-6-9)13-11(15)7-10(14)8-17-13/h5,7-8,12,16H,2-4,6H2,1H3. The van der Waals surface area contributed by atoms with Gasteiger partial charge in [0.2, 0.25) is 0 Å². The second-order valence-corrected chi connectivity index (χ2v) is 5.11. The Hall–Kier alpha value is -0.570. The number of rotatable bonds is 3. The molecule has 0 radical (unpaired) electrons. The summed E-state index contributed by atoms with van der Waals surface area (Å²) in [6.45, 7) is 0. The minimum Gasteiger partial charge on any atom is -0.308 e. The Labute approximate surface area is 112 Å². The van der Waals surface area contributed by atoms with E-state index in [1.165, 1.54) is 18.4 Å². The van der Waals surface area contributed by atoms with E-state index >= 15 is 0 Å². The van der Waals surface area contributed by atoms with Gasteiger partial charge >= 0.3 is 0 Å². The van der Waals surface area contributed by atoms with Crippen molar-refractivity contribution in [1.82, 2.24) is 10.3 Å². The number of hydrogen-bond donors (Lipinski definition) is 1. The van der Waals surface area contributed by atoms with Crippen LogP contribution in [0.4, 0.5) is 0 Å². The van der Waals surface area contributed by atoms with Crippen molar-refractivity contribution in [3.05, 3.63) is 39.7 Å². The molecule has 1 aliphatic carbocycles. The third-order valence-electron chi connectivity index (χ3n) is 3.10. The van der Waals surface area contributed by atoms with Gasteiger partial charge in [0.25, 0.3) is 0 Å². The molecule has 17 heavy (non-hydrogen) atoms. The quantitative estimate of drug-likeness (QED) is 0.835. The summed E-state index contributed by atoms with van der Waals surface area (Å²) in [6.07, 6.45) is 8.75. The number of nitrogens with zero attached hydrogens (tertiary/aromatic N) is 1. The Morgan fingerprint density at radius 3 is 2.76 bits per heavy atom. The third kappa shape index (κ3) is 3.01. The first-order valence-corrected chi connectivity index (χ1v) is 6.65. The molecule has 1 heterocycles. The molecule has 1 aliphatic rings. The maximum absolute atomic E-state index is 6.21. The second-order valence-electron chi connectivity index (χ2n) is 4.27. The summed E-state index contributed by atoms with van der Waals surface area (Å²) in [5.41, 5.74) is 2.25. The molecule has 2 rings (SSSR count). The van der Waals surface area contributed by atoms with Gasteiger partial charge in [0, 0.05) is 6.20 Å². The molecule has 1 aromatic rings. The zero-order valence-electron chi connectivity index (χ0n) is 9.84. The fourth-order valence-corrected chi connectivity index (χ4v) is 2.75. The highest BCUT2D eigenvalue weighted by Gasteiger charge is 2.20. The van der Waals surface area contributed by atoms with Crippen molar-refractivity contribution in [1.29, 1.82) is 0 Å². The fraction of sp³-hybridized carbons (Fsp3) is 0.462. The van der Waals surface area contributed by atoms with Gasteiger partial charge in [-0.05, 0) is 38.8 Å². The molecule has 0 saturated heterocycles. The highest BCUT2D eigenvalue weighted by Crippen LogP contribution is 2.32. The molecule has 0 fully saturated rings. The number of nitrogens with one attached hydrogen (secondary N) is 1. The zero-order chi connectivity index (χ0) is 12.3. The molecule has 0 aromatic carbocycles. The number of aromatic nitrogens is 1. The monoisotopic (exact) mass is 270 g/mol. The lowest BCUT2D eigenvalue weighted by molar-refractivity contribution is 0.583. The molecule has 0 aliphatic heterocycles. The van der Waals surface area contributed by atoms with Gasteiger partial charge in [-0.3, -0.25) is 4.98 Å². The third-order valence-corrected chi connectivity index (χ3v) is 3.60. The van der Waals surface area contributed by atoms with Crippen LogP contribution in [0.15, 0.2) is 23.9 Å². The number of allylic oxidation sites excluding steroid dienone is 1. The van der Waals surface area contributed by atoms with Gasteiger partial charge in [0.1, 0.15) is 0 Å². The van der Waals surface area contributed by atoms with Crippen LogP contribution in [0, 0.1) is 0 Å². The molecule has 1 N–H and O–H groups in total. The average molecular weight is 271 g/mol. The van der Waals surface area contributed by atoms with Crippen LogP contribution in [0.2, 0.25) is 10.0 Å². The van der Waals surface area contributed by atoms with E-state index in [0.29, 0.717) is 10.0 Å². The molecular formula is C13H16Cl2N2. The molecule has 0 spiro atoms. The number of likely N-dealkylation sites (N-methyl/N-ethyl adjacent to an activating group) is 1. The van der Waals surface area contributed by atoms with Crippen LogP contribution < -0.4 is 5.32 Å². The lowest BCUT2D eigenvalue weighted by atomic mass is 9.92. The summed E-state index contributed by atoms with van der Waals surface area (Å²) in [5, 5.41) is 4.49. The molecule has 0 bridgehead atoms. The van der Waals surface area contributed by atoms with Crippen LogP contribution >= 0.6 is 23.2 Å². The first kappa shape index (κ1) is 12.9. The van der Waals surface area contributed by atoms with E-state index in [-0.39, 0.29) is 6.04 Å². The minimum atomic E-state index is 0.111. The SMILES string of the molecule is CNC(C1=CCCCC1)c1ncc(Cl)cc1Cl. The predicted molar refractivity (Wildman–Crippen MR) is 72.6 cm³/mol. The van der Waals surface area contributed by atoms with Crippen LogP contribution in [0.1, 0.15) is 37.4 Å². The van der Waals surface area contributed by atoms with E-state index in [0.717, 1.165) is 18.5 Å². The molecule has 0 saturated carbocycles. The van der Waals surface area contributed by atoms with Crippen LogP contribution in [0.5, 0.6) is 0 Å². The van der Waals surface area contributed by atoms with Crippen molar-refractivity contribution in [3.63, 3.8) is 0 Å². The van der Waals surface area contributed by atoms with Crippen LogP contribution in [0.3, 0.4) is 0 Å². The molecule has 1 aromatic heterocycles. The molecule has 1 atom stereocenters. The molecular weight excluding hydrogens is 255 g/mol. The van der Waals surface area contributed by atoms with Crippen LogP contribution in [-0.4, -0.2) is 12.0 Å². The second kappa shape index (κ2) is 5.85. The van der Waals surface area contributed by atoms with Crippen LogP contribution in [-0.2, 0) is 0 Å². The topological polar surface area (TPSA) is 24.9 Å². The molecule has 2 nitrogen and oxygen atoms in total. The normalized spacial score (nSPS) is 17.7. The summed E-state index contributed by atoms with van der Waals surface area (Å²) < 4.78 is 0. The molecule has 92 valence electrons. The Balaban J connectivity index is 2.31. The number of halogens is 2. The smallest absolute Gasteiger partial charge is 0.0802 e. The van der Waals surface area contributed by atoms with Gasteiger partial charge in [0.15, 0.2) is 0 Å². The summed E-state index contributed by atoms with van der Waals surface area (Å²) in [7, 11) is 1.94. The van der Waals surface area contributed by atoms with Crippen molar-refractivity contribution < 1.29 is 0 Å². The van der Waals surface area contributed by atoms with Crippen molar-refractivity contribution in [2.75, 3.05) is 7.05 Å². The van der Waals surface area contributed by atoms with E-state index in [1.54, 1.807) is 12.3 Å². The van der Waals surface area contributed by atoms with Gasteiger partial charge in [0.05, 0.1) is 21.8 Å². The molecule has 0 amide bonds. The average Bonchev–Trinajstić information content (AvgIpc) is 2.34. The lowest BCUT2D eigenvalue weighted by Crippen LogP contribution is -2.21. The highest BCUT2D eigenvalue weighted by molar-refractivity contribution is 6.34. The zero-order valence-corrected chi connectivity index (χ0v) is 11.4. The molecule has 1 unspecified atom stereocenters. The van der Waals surface area contributed by atoms with Crippen molar-refractivity contribution in [3.8, 4) is 0 Å². The Morgan fingerprint density at radius 1 is 1.35 bits per heavy atom. The van der Waals surface area contributed by atoms with E-state index in [1.807, 2.05) is 7.05 Å². The Bertz CT molecular complexity index is 429. The van der Waals surface area contributed by atoms with E-state index in [9.17, 15) is 0 Å². The van der Waals surface area contributed by atoms with Crippen LogP contribution in [0.25, 0.3) is 0 Å². The maximum atomic E-state index is 6.21. The molecule has 4 heteroatoms. The van der Waals surface area contributed by atoms with Crippen molar-refractivity contribution in [2.45, 2.75) is 31.7 Å². The summed E-state index contributed by atoms with van der Waals surface area (Å²) in [5.74, 6) is 0. The fourth-order valence-electron chi connectivity index (χ4n) is 2.26. The summed E-state index contributed by atoms with van der Waals surface area (Å²) in [4.78, 5) is 4.36. The van der Waals surface area contributed by atoms with Gasteiger partial charge in [-0.1, -0.05) is 34.9 Å². The summed E-state index contributed by atoms with van der Waals surface area (Å²) >= 11 is 12.1. The number of hydrogen-bond acceptors (Lipinski definition) is 2. The highest BCUT2D eigenvalue weighted by atomic mass is 35.5. The van der Waals surface area contributed by atoms with Gasteiger partial charge in [-0.15, -0.1) is 0 Å². The van der Waals surface area contributed by atoms with Gasteiger partial charge in [-0.2, -0.15) is 0 Å². The predicted octanol–water partition coefficient (Wildman–Crippen LogP) is 4.15.